The summed E-state index contributed by atoms with van der Waals surface area (Å²) in [6.45, 7) is 4.19. The van der Waals surface area contributed by atoms with Crippen molar-refractivity contribution in [2.24, 2.45) is 5.92 Å². The number of benzene rings is 1. The van der Waals surface area contributed by atoms with Gasteiger partial charge in [0.2, 0.25) is 5.91 Å². The van der Waals surface area contributed by atoms with E-state index in [0.717, 1.165) is 12.0 Å². The Kier molecular flexibility index (Phi) is 5.60. The Morgan fingerprint density at radius 3 is 2.80 bits per heavy atom. The largest absolute Gasteiger partial charge is 0.455 e. The molecule has 1 saturated heterocycles. The van der Waals surface area contributed by atoms with Crippen molar-refractivity contribution in [1.82, 2.24) is 20.3 Å². The Labute approximate surface area is 173 Å². The summed E-state index contributed by atoms with van der Waals surface area (Å²) in [7, 11) is 0. The molecule has 1 aromatic carbocycles. The molecule has 1 fully saturated rings. The first kappa shape index (κ1) is 19.8. The van der Waals surface area contributed by atoms with E-state index in [9.17, 15) is 9.59 Å². The second kappa shape index (κ2) is 8.48. The highest BCUT2D eigenvalue weighted by Crippen LogP contribution is 2.33. The maximum absolute atomic E-state index is 12.4. The summed E-state index contributed by atoms with van der Waals surface area (Å²) >= 11 is 0. The van der Waals surface area contributed by atoms with Gasteiger partial charge in [0, 0.05) is 25.6 Å². The van der Waals surface area contributed by atoms with Crippen molar-refractivity contribution < 1.29 is 23.3 Å². The van der Waals surface area contributed by atoms with Gasteiger partial charge in [-0.1, -0.05) is 35.5 Å². The van der Waals surface area contributed by atoms with Crippen LogP contribution in [0.4, 0.5) is 0 Å². The Hall–Kier alpha value is -3.49. The number of amides is 1. The van der Waals surface area contributed by atoms with E-state index >= 15 is 0 Å². The number of ether oxygens (including phenoxy) is 1. The molecule has 1 atom stereocenters. The summed E-state index contributed by atoms with van der Waals surface area (Å²) in [5.74, 6) is 0.234. The zero-order chi connectivity index (χ0) is 21.1. The van der Waals surface area contributed by atoms with Crippen LogP contribution in [0.25, 0.3) is 22.7 Å². The monoisotopic (exact) mass is 410 g/mol. The normalized spacial score (nSPS) is 16.5. The summed E-state index contributed by atoms with van der Waals surface area (Å²) in [4.78, 5) is 25.6. The van der Waals surface area contributed by atoms with Crippen LogP contribution in [0.15, 0.2) is 39.3 Å². The van der Waals surface area contributed by atoms with Gasteiger partial charge < -0.3 is 18.6 Å². The van der Waals surface area contributed by atoms with Gasteiger partial charge in [-0.05, 0) is 19.8 Å². The Balaban J connectivity index is 1.44. The quantitative estimate of drug-likeness (QED) is 0.590. The van der Waals surface area contributed by atoms with Gasteiger partial charge in [-0.3, -0.25) is 9.59 Å². The minimum Gasteiger partial charge on any atom is -0.455 e. The molecular weight excluding hydrogens is 388 g/mol. The van der Waals surface area contributed by atoms with Crippen molar-refractivity contribution in [3.8, 4) is 22.7 Å². The van der Waals surface area contributed by atoms with Crippen molar-refractivity contribution in [2.45, 2.75) is 33.3 Å². The Bertz CT molecular complexity index is 1040. The second-order valence-electron chi connectivity index (χ2n) is 7.24. The number of piperidine rings is 1. The fourth-order valence-corrected chi connectivity index (χ4v) is 3.54. The maximum Gasteiger partial charge on any atom is 0.311 e. The van der Waals surface area contributed by atoms with Gasteiger partial charge in [-0.25, -0.2) is 0 Å². The molecule has 0 unspecified atom stereocenters. The van der Waals surface area contributed by atoms with Crippen LogP contribution in [0, 0.1) is 12.8 Å². The van der Waals surface area contributed by atoms with E-state index < -0.39 is 0 Å². The lowest BCUT2D eigenvalue weighted by Gasteiger charge is -2.30. The molecule has 1 amide bonds. The first-order chi connectivity index (χ1) is 14.5. The predicted molar refractivity (Wildman–Crippen MR) is 105 cm³/mol. The number of esters is 1. The summed E-state index contributed by atoms with van der Waals surface area (Å²) in [6.07, 6.45) is 1.47. The molecule has 1 aliphatic heterocycles. The average molecular weight is 410 g/mol. The predicted octanol–water partition coefficient (Wildman–Crippen LogP) is 3.00. The van der Waals surface area contributed by atoms with Crippen LogP contribution in [0.2, 0.25) is 0 Å². The third-order valence-corrected chi connectivity index (χ3v) is 5.13. The number of hydrogen-bond acceptors (Lipinski definition) is 8. The fraction of sp³-hybridized carbons (Fsp3) is 0.381. The molecule has 0 bridgehead atoms. The van der Waals surface area contributed by atoms with Crippen LogP contribution in [-0.4, -0.2) is 45.2 Å². The standard InChI is InChI=1S/C21H22N4O5/c1-13-18(19(24-30-13)15-7-4-3-5-8-15)20-23-22-17(29-20)12-28-21(27)16-9-6-10-25(11-16)14(2)26/h3-5,7-8,16H,6,9-12H2,1-2H3/t16-/m0/s1. The van der Waals surface area contributed by atoms with E-state index in [-0.39, 0.29) is 36.2 Å². The van der Waals surface area contributed by atoms with Crippen molar-refractivity contribution in [3.05, 3.63) is 42.0 Å². The zero-order valence-electron chi connectivity index (χ0n) is 16.8. The molecule has 156 valence electrons. The second-order valence-corrected chi connectivity index (χ2v) is 7.24. The molecule has 3 aromatic rings. The Morgan fingerprint density at radius 1 is 1.23 bits per heavy atom. The van der Waals surface area contributed by atoms with E-state index in [1.807, 2.05) is 30.3 Å². The molecule has 3 heterocycles. The lowest BCUT2D eigenvalue weighted by atomic mass is 9.98. The molecule has 4 rings (SSSR count). The van der Waals surface area contributed by atoms with Crippen LogP contribution in [-0.2, 0) is 20.9 Å². The highest BCUT2D eigenvalue weighted by atomic mass is 16.5. The van der Waals surface area contributed by atoms with Crippen molar-refractivity contribution >= 4 is 11.9 Å². The van der Waals surface area contributed by atoms with Gasteiger partial charge in [0.1, 0.15) is 17.0 Å². The number of aromatic nitrogens is 3. The van der Waals surface area contributed by atoms with Crippen molar-refractivity contribution in [1.29, 1.82) is 0 Å². The summed E-state index contributed by atoms with van der Waals surface area (Å²) < 4.78 is 16.4. The van der Waals surface area contributed by atoms with E-state index in [2.05, 4.69) is 15.4 Å². The van der Waals surface area contributed by atoms with Crippen LogP contribution >= 0.6 is 0 Å². The number of aryl methyl sites for hydroxylation is 1. The van der Waals surface area contributed by atoms with Crippen LogP contribution in [0.5, 0.6) is 0 Å². The first-order valence-corrected chi connectivity index (χ1v) is 9.79. The topological polar surface area (TPSA) is 112 Å². The van der Waals surface area contributed by atoms with Crippen LogP contribution in [0.3, 0.4) is 0 Å². The highest BCUT2D eigenvalue weighted by Gasteiger charge is 2.29. The van der Waals surface area contributed by atoms with Gasteiger partial charge in [0.25, 0.3) is 11.8 Å². The van der Waals surface area contributed by atoms with Gasteiger partial charge in [-0.15, -0.1) is 10.2 Å². The molecular formula is C21H22N4O5. The molecule has 0 spiro atoms. The highest BCUT2D eigenvalue weighted by molar-refractivity contribution is 5.78. The average Bonchev–Trinajstić information content (AvgIpc) is 3.39. The van der Waals surface area contributed by atoms with E-state index in [1.54, 1.807) is 11.8 Å². The molecule has 0 aliphatic carbocycles. The summed E-state index contributed by atoms with van der Waals surface area (Å²) in [6, 6.07) is 9.54. The van der Waals surface area contributed by atoms with E-state index in [4.69, 9.17) is 13.7 Å². The number of nitrogens with zero attached hydrogens (tertiary/aromatic N) is 4. The molecule has 1 aliphatic rings. The lowest BCUT2D eigenvalue weighted by molar-refractivity contribution is -0.153. The van der Waals surface area contributed by atoms with Gasteiger partial charge in [-0.2, -0.15) is 0 Å². The number of rotatable bonds is 5. The minimum absolute atomic E-state index is 0.0349. The first-order valence-electron chi connectivity index (χ1n) is 9.79. The molecule has 0 N–H and O–H groups in total. The van der Waals surface area contributed by atoms with Crippen LogP contribution in [0.1, 0.15) is 31.4 Å². The van der Waals surface area contributed by atoms with Crippen LogP contribution < -0.4 is 0 Å². The van der Waals surface area contributed by atoms with E-state index in [1.165, 1.54) is 6.92 Å². The number of carbonyl (C=O) groups is 2. The summed E-state index contributed by atoms with van der Waals surface area (Å²) in [5.41, 5.74) is 2.07. The molecule has 9 nitrogen and oxygen atoms in total. The number of hydrogen-bond donors (Lipinski definition) is 0. The van der Waals surface area contributed by atoms with Crippen molar-refractivity contribution in [2.75, 3.05) is 13.1 Å². The number of likely N-dealkylation sites (tertiary alicyclic amines) is 1. The zero-order valence-corrected chi connectivity index (χ0v) is 16.8. The Morgan fingerprint density at radius 2 is 2.03 bits per heavy atom. The smallest absolute Gasteiger partial charge is 0.311 e. The lowest BCUT2D eigenvalue weighted by Crippen LogP contribution is -2.41. The third-order valence-electron chi connectivity index (χ3n) is 5.13. The molecule has 2 aromatic heterocycles. The van der Waals surface area contributed by atoms with Gasteiger partial charge >= 0.3 is 5.97 Å². The van der Waals surface area contributed by atoms with Gasteiger partial charge in [0.05, 0.1) is 5.92 Å². The molecule has 0 radical (unpaired) electrons. The van der Waals surface area contributed by atoms with E-state index in [0.29, 0.717) is 36.5 Å². The fourth-order valence-electron chi connectivity index (χ4n) is 3.54. The maximum atomic E-state index is 12.4. The van der Waals surface area contributed by atoms with Crippen molar-refractivity contribution in [3.63, 3.8) is 0 Å². The molecule has 0 saturated carbocycles. The molecule has 9 heteroatoms. The van der Waals surface area contributed by atoms with Gasteiger partial charge in [0.15, 0.2) is 6.61 Å². The SMILES string of the molecule is CC(=O)N1CCC[C@H](C(=O)OCc2nnc(-c3c(-c4ccccc4)noc3C)o2)C1. The minimum atomic E-state index is -0.369. The number of carbonyl (C=O) groups excluding carboxylic acids is 2. The summed E-state index contributed by atoms with van der Waals surface area (Å²) in [5, 5.41) is 12.2. The third kappa shape index (κ3) is 4.10. The molecule has 30 heavy (non-hydrogen) atoms.